The number of anilines is 1. The molecule has 6 rings (SSSR count). The molecule has 28 heavy (non-hydrogen) atoms. The number of hydrazone groups is 1. The van der Waals surface area contributed by atoms with E-state index in [1.54, 1.807) is 13.3 Å². The highest BCUT2D eigenvalue weighted by Crippen LogP contribution is 2.60. The summed E-state index contributed by atoms with van der Waals surface area (Å²) in [4.78, 5) is 0. The van der Waals surface area contributed by atoms with Gasteiger partial charge in [0, 0.05) is 11.6 Å². The summed E-state index contributed by atoms with van der Waals surface area (Å²) in [7, 11) is 1.65. The molecule has 4 aliphatic carbocycles. The second-order valence-corrected chi connectivity index (χ2v) is 9.07. The van der Waals surface area contributed by atoms with Crippen LogP contribution in [0.3, 0.4) is 0 Å². The number of methoxy groups -OCH3 is 1. The molecule has 0 saturated heterocycles. The van der Waals surface area contributed by atoms with Crippen LogP contribution >= 0.6 is 0 Å². The predicted octanol–water partition coefficient (Wildman–Crippen LogP) is 5.31. The van der Waals surface area contributed by atoms with Gasteiger partial charge in [-0.1, -0.05) is 12.1 Å². The van der Waals surface area contributed by atoms with Gasteiger partial charge >= 0.3 is 0 Å². The number of hydrogen-bond acceptors (Lipinski definition) is 4. The van der Waals surface area contributed by atoms with Gasteiger partial charge in [-0.15, -0.1) is 0 Å². The van der Waals surface area contributed by atoms with Crippen LogP contribution in [0.15, 0.2) is 47.6 Å². The first kappa shape index (κ1) is 17.6. The van der Waals surface area contributed by atoms with E-state index >= 15 is 0 Å². The molecule has 4 bridgehead atoms. The van der Waals surface area contributed by atoms with Crippen molar-refractivity contribution in [3.63, 3.8) is 0 Å². The number of phenolic OH excluding ortho intramolecular Hbond substituents is 1. The Bertz CT molecular complexity index is 870. The van der Waals surface area contributed by atoms with E-state index in [1.807, 2.05) is 30.3 Å². The fraction of sp³-hybridized carbons (Fsp3) is 0.458. The number of benzene rings is 2. The van der Waals surface area contributed by atoms with Crippen molar-refractivity contribution in [3.8, 4) is 11.5 Å². The minimum atomic E-state index is 0.282. The minimum absolute atomic E-state index is 0.282. The number of phenols is 1. The topological polar surface area (TPSA) is 53.8 Å². The van der Waals surface area contributed by atoms with Crippen molar-refractivity contribution in [1.29, 1.82) is 0 Å². The summed E-state index contributed by atoms with van der Waals surface area (Å²) in [5.74, 6) is 3.79. The number of rotatable bonds is 5. The van der Waals surface area contributed by atoms with E-state index in [1.165, 1.54) is 44.1 Å². The Kier molecular flexibility index (Phi) is 4.30. The van der Waals surface area contributed by atoms with Gasteiger partial charge in [-0.25, -0.2) is 0 Å². The Hall–Kier alpha value is -2.49. The van der Waals surface area contributed by atoms with Crippen LogP contribution in [-0.4, -0.2) is 18.4 Å². The Labute approximate surface area is 166 Å². The van der Waals surface area contributed by atoms with Gasteiger partial charge in [0.05, 0.1) is 19.0 Å². The van der Waals surface area contributed by atoms with E-state index in [9.17, 15) is 5.11 Å². The second kappa shape index (κ2) is 6.84. The van der Waals surface area contributed by atoms with Gasteiger partial charge in [-0.05, 0) is 91.5 Å². The summed E-state index contributed by atoms with van der Waals surface area (Å²) in [6.45, 7) is 0. The normalized spacial score (nSPS) is 30.7. The van der Waals surface area contributed by atoms with Crippen LogP contribution in [0.4, 0.5) is 5.69 Å². The van der Waals surface area contributed by atoms with Gasteiger partial charge in [0.2, 0.25) is 0 Å². The lowest BCUT2D eigenvalue weighted by Crippen LogP contribution is -2.48. The van der Waals surface area contributed by atoms with E-state index in [0.29, 0.717) is 5.41 Å². The average Bonchev–Trinajstić information content (AvgIpc) is 2.68. The van der Waals surface area contributed by atoms with E-state index in [4.69, 9.17) is 4.74 Å². The number of nitrogens with one attached hydrogen (secondary N) is 1. The summed E-state index contributed by atoms with van der Waals surface area (Å²) < 4.78 is 5.24. The average molecular weight is 377 g/mol. The molecule has 0 aromatic heterocycles. The lowest BCUT2D eigenvalue weighted by molar-refractivity contribution is -0.00520. The van der Waals surface area contributed by atoms with Gasteiger partial charge in [-0.2, -0.15) is 5.10 Å². The molecule has 0 unspecified atom stereocenters. The van der Waals surface area contributed by atoms with E-state index < -0.39 is 0 Å². The quantitative estimate of drug-likeness (QED) is 0.549. The molecule has 2 aromatic rings. The smallest absolute Gasteiger partial charge is 0.124 e. The van der Waals surface area contributed by atoms with Crippen molar-refractivity contribution in [3.05, 3.63) is 53.6 Å². The molecule has 4 fully saturated rings. The van der Waals surface area contributed by atoms with E-state index in [2.05, 4.69) is 22.7 Å². The zero-order chi connectivity index (χ0) is 19.1. The third-order valence-electron chi connectivity index (χ3n) is 7.15. The highest BCUT2D eigenvalue weighted by atomic mass is 16.5. The fourth-order valence-electron chi connectivity index (χ4n) is 6.32. The Morgan fingerprint density at radius 3 is 2.43 bits per heavy atom. The molecule has 0 radical (unpaired) electrons. The third-order valence-corrected chi connectivity index (χ3v) is 7.15. The molecule has 4 aliphatic rings. The van der Waals surface area contributed by atoms with Crippen molar-refractivity contribution < 1.29 is 9.84 Å². The van der Waals surface area contributed by atoms with Crippen LogP contribution in [-0.2, 0) is 5.41 Å². The third kappa shape index (κ3) is 3.15. The number of aromatic hydroxyl groups is 1. The highest BCUT2D eigenvalue weighted by molar-refractivity contribution is 5.84. The number of nitrogens with zero attached hydrogens (tertiary/aromatic N) is 1. The molecule has 4 saturated carbocycles. The van der Waals surface area contributed by atoms with Gasteiger partial charge in [-0.3, -0.25) is 5.43 Å². The SMILES string of the molecule is COc1cccc(NN=Cc2cc(C34CC5CC(CC(C5)C3)C4)ccc2O)c1. The zero-order valence-electron chi connectivity index (χ0n) is 16.4. The first-order valence-electron chi connectivity index (χ1n) is 10.4. The first-order valence-corrected chi connectivity index (χ1v) is 10.4. The van der Waals surface area contributed by atoms with Crippen molar-refractivity contribution in [2.24, 2.45) is 22.9 Å². The van der Waals surface area contributed by atoms with Gasteiger partial charge in [0.15, 0.2) is 0 Å². The largest absolute Gasteiger partial charge is 0.507 e. The second-order valence-electron chi connectivity index (χ2n) is 9.07. The van der Waals surface area contributed by atoms with Gasteiger partial charge in [0.1, 0.15) is 11.5 Å². The standard InChI is InChI=1S/C24H28N2O2/c1-28-22-4-2-3-21(11-22)26-25-15-19-10-20(5-6-23(19)27)24-12-16-7-17(13-24)9-18(8-16)14-24/h2-6,10-11,15-18,26-27H,7-9,12-14H2,1H3. The monoisotopic (exact) mass is 376 g/mol. The van der Waals surface area contributed by atoms with Crippen LogP contribution < -0.4 is 10.2 Å². The molecular weight excluding hydrogens is 348 g/mol. The lowest BCUT2D eigenvalue weighted by atomic mass is 9.48. The van der Waals surface area contributed by atoms with Crippen LogP contribution in [0.2, 0.25) is 0 Å². The summed E-state index contributed by atoms with van der Waals surface area (Å²) in [5, 5.41) is 14.7. The zero-order valence-corrected chi connectivity index (χ0v) is 16.4. The minimum Gasteiger partial charge on any atom is -0.507 e. The van der Waals surface area contributed by atoms with E-state index in [-0.39, 0.29) is 5.75 Å². The summed E-state index contributed by atoms with van der Waals surface area (Å²) in [6, 6.07) is 13.8. The highest BCUT2D eigenvalue weighted by Gasteiger charge is 2.51. The molecule has 2 aromatic carbocycles. The molecule has 2 N–H and O–H groups in total. The maximum atomic E-state index is 10.4. The lowest BCUT2D eigenvalue weighted by Gasteiger charge is -2.57. The van der Waals surface area contributed by atoms with Crippen LogP contribution in [0.25, 0.3) is 0 Å². The van der Waals surface area contributed by atoms with Crippen LogP contribution in [0.1, 0.15) is 49.7 Å². The van der Waals surface area contributed by atoms with Gasteiger partial charge in [0.25, 0.3) is 0 Å². The molecule has 0 atom stereocenters. The van der Waals surface area contributed by atoms with Crippen molar-refractivity contribution in [1.82, 2.24) is 0 Å². The molecule has 4 heteroatoms. The van der Waals surface area contributed by atoms with E-state index in [0.717, 1.165) is 34.8 Å². The molecular formula is C24H28N2O2. The van der Waals surface area contributed by atoms with Crippen molar-refractivity contribution in [2.75, 3.05) is 12.5 Å². The number of hydrogen-bond donors (Lipinski definition) is 2. The van der Waals surface area contributed by atoms with Gasteiger partial charge < -0.3 is 9.84 Å². The Morgan fingerprint density at radius 1 is 1.04 bits per heavy atom. The Balaban J connectivity index is 1.37. The molecule has 4 nitrogen and oxygen atoms in total. The fourth-order valence-corrected chi connectivity index (χ4v) is 6.32. The molecule has 0 aliphatic heterocycles. The van der Waals surface area contributed by atoms with Crippen molar-refractivity contribution >= 4 is 11.9 Å². The van der Waals surface area contributed by atoms with Crippen molar-refractivity contribution in [2.45, 2.75) is 43.9 Å². The molecule has 0 spiro atoms. The maximum Gasteiger partial charge on any atom is 0.124 e. The first-order chi connectivity index (χ1) is 13.6. The molecule has 0 amide bonds. The number of ether oxygens (including phenoxy) is 1. The van der Waals surface area contributed by atoms with Crippen LogP contribution in [0.5, 0.6) is 11.5 Å². The summed E-state index contributed by atoms with van der Waals surface area (Å²) in [6.07, 6.45) is 10.0. The Morgan fingerprint density at radius 2 is 1.75 bits per heavy atom. The molecule has 146 valence electrons. The predicted molar refractivity (Wildman–Crippen MR) is 112 cm³/mol. The maximum absolute atomic E-state index is 10.4. The van der Waals surface area contributed by atoms with Crippen LogP contribution in [0, 0.1) is 17.8 Å². The summed E-state index contributed by atoms with van der Waals surface area (Å²) in [5.41, 5.74) is 6.38. The molecule has 0 heterocycles. The summed E-state index contributed by atoms with van der Waals surface area (Å²) >= 11 is 0.